The van der Waals surface area contributed by atoms with Gasteiger partial charge in [-0.25, -0.2) is 13.6 Å². The summed E-state index contributed by atoms with van der Waals surface area (Å²) < 4.78 is 31.4. The third kappa shape index (κ3) is 3.49. The first kappa shape index (κ1) is 13.6. The van der Waals surface area contributed by atoms with E-state index in [2.05, 4.69) is 4.74 Å². The number of unbranched alkanes of at least 4 members (excludes halogenated alkanes) is 1. The van der Waals surface area contributed by atoms with Gasteiger partial charge in [-0.05, 0) is 31.4 Å². The van der Waals surface area contributed by atoms with Gasteiger partial charge in [-0.15, -0.1) is 0 Å². The summed E-state index contributed by atoms with van der Waals surface area (Å²) in [5, 5.41) is 8.58. The number of carbonyl (C=O) groups excluding carboxylic acids is 1. The van der Waals surface area contributed by atoms with Crippen LogP contribution in [0, 0.1) is 11.6 Å². The number of aliphatic hydroxyl groups excluding tert-OH is 1. The fourth-order valence-electron chi connectivity index (χ4n) is 1.49. The zero-order valence-electron chi connectivity index (χ0n) is 9.50. The second-order valence-electron chi connectivity index (χ2n) is 3.59. The van der Waals surface area contributed by atoms with Crippen molar-refractivity contribution in [2.45, 2.75) is 19.3 Å². The van der Waals surface area contributed by atoms with E-state index in [9.17, 15) is 13.6 Å². The van der Waals surface area contributed by atoms with Crippen LogP contribution in [0.3, 0.4) is 0 Å². The molecular weight excluding hydrogens is 230 g/mol. The normalized spacial score (nSPS) is 10.4. The molecular formula is C12H14F2O3. The van der Waals surface area contributed by atoms with Crippen molar-refractivity contribution in [2.75, 3.05) is 13.7 Å². The summed E-state index contributed by atoms with van der Waals surface area (Å²) in [5.41, 5.74) is -0.209. The SMILES string of the molecule is COC(=O)c1cc(F)c(CCCCO)c(F)c1. The molecule has 0 aliphatic rings. The van der Waals surface area contributed by atoms with E-state index in [0.29, 0.717) is 12.8 Å². The van der Waals surface area contributed by atoms with Crippen molar-refractivity contribution < 1.29 is 23.4 Å². The van der Waals surface area contributed by atoms with E-state index in [1.54, 1.807) is 0 Å². The number of benzene rings is 1. The Labute approximate surface area is 98.0 Å². The van der Waals surface area contributed by atoms with Gasteiger partial charge in [-0.2, -0.15) is 0 Å². The minimum atomic E-state index is -0.773. The average Bonchev–Trinajstić information content (AvgIpc) is 2.31. The maximum atomic E-state index is 13.5. The predicted molar refractivity (Wildman–Crippen MR) is 57.7 cm³/mol. The summed E-state index contributed by atoms with van der Waals surface area (Å²) >= 11 is 0. The topological polar surface area (TPSA) is 46.5 Å². The fourth-order valence-corrected chi connectivity index (χ4v) is 1.49. The van der Waals surface area contributed by atoms with Crippen LogP contribution in [-0.2, 0) is 11.2 Å². The lowest BCUT2D eigenvalue weighted by molar-refractivity contribution is 0.0599. The zero-order chi connectivity index (χ0) is 12.8. The molecule has 0 amide bonds. The summed E-state index contributed by atoms with van der Waals surface area (Å²) in [6.07, 6.45) is 1.17. The second kappa shape index (κ2) is 6.30. The number of halogens is 2. The minimum Gasteiger partial charge on any atom is -0.465 e. The molecule has 1 aromatic rings. The van der Waals surface area contributed by atoms with Crippen LogP contribution in [0.1, 0.15) is 28.8 Å². The average molecular weight is 244 g/mol. The van der Waals surface area contributed by atoms with Crippen molar-refractivity contribution in [1.29, 1.82) is 0 Å². The molecule has 0 heterocycles. The van der Waals surface area contributed by atoms with Gasteiger partial charge in [0.1, 0.15) is 11.6 Å². The maximum absolute atomic E-state index is 13.5. The number of hydrogen-bond acceptors (Lipinski definition) is 3. The highest BCUT2D eigenvalue weighted by Gasteiger charge is 2.15. The summed E-state index contributed by atoms with van der Waals surface area (Å²) in [7, 11) is 1.15. The molecule has 0 radical (unpaired) electrons. The van der Waals surface area contributed by atoms with Gasteiger partial charge in [-0.1, -0.05) is 0 Å². The Bertz CT molecular complexity index is 382. The van der Waals surface area contributed by atoms with E-state index >= 15 is 0 Å². The van der Waals surface area contributed by atoms with Crippen LogP contribution >= 0.6 is 0 Å². The highest BCUT2D eigenvalue weighted by atomic mass is 19.1. The Balaban J connectivity index is 2.90. The van der Waals surface area contributed by atoms with Crippen LogP contribution in [0.15, 0.2) is 12.1 Å². The van der Waals surface area contributed by atoms with Crippen molar-refractivity contribution >= 4 is 5.97 Å². The minimum absolute atomic E-state index is 0.0104. The van der Waals surface area contributed by atoms with Gasteiger partial charge < -0.3 is 9.84 Å². The van der Waals surface area contributed by atoms with Crippen LogP contribution < -0.4 is 0 Å². The highest BCUT2D eigenvalue weighted by Crippen LogP contribution is 2.18. The van der Waals surface area contributed by atoms with Crippen LogP contribution in [0.25, 0.3) is 0 Å². The number of esters is 1. The van der Waals surface area contributed by atoms with Gasteiger partial charge in [0.25, 0.3) is 0 Å². The molecule has 0 saturated carbocycles. The summed E-state index contributed by atoms with van der Waals surface area (Å²) in [6, 6.07) is 1.92. The first-order valence-electron chi connectivity index (χ1n) is 5.27. The van der Waals surface area contributed by atoms with Gasteiger partial charge in [0.15, 0.2) is 0 Å². The van der Waals surface area contributed by atoms with E-state index in [4.69, 9.17) is 5.11 Å². The largest absolute Gasteiger partial charge is 0.465 e. The predicted octanol–water partition coefficient (Wildman–Crippen LogP) is 2.07. The molecule has 0 aliphatic carbocycles. The van der Waals surface area contributed by atoms with Gasteiger partial charge in [0.2, 0.25) is 0 Å². The molecule has 0 aromatic heterocycles. The number of aliphatic hydroxyl groups is 1. The molecule has 1 N–H and O–H groups in total. The molecule has 0 spiro atoms. The van der Waals surface area contributed by atoms with Crippen molar-refractivity contribution in [3.63, 3.8) is 0 Å². The monoisotopic (exact) mass is 244 g/mol. The van der Waals surface area contributed by atoms with Crippen LogP contribution in [0.2, 0.25) is 0 Å². The molecule has 0 aliphatic heterocycles. The molecule has 1 rings (SSSR count). The lowest BCUT2D eigenvalue weighted by atomic mass is 10.0. The summed E-state index contributed by atoms with van der Waals surface area (Å²) in [5.74, 6) is -2.30. The smallest absolute Gasteiger partial charge is 0.338 e. The summed E-state index contributed by atoms with van der Waals surface area (Å²) in [6.45, 7) is -0.0104. The summed E-state index contributed by atoms with van der Waals surface area (Å²) in [4.78, 5) is 11.1. The quantitative estimate of drug-likeness (QED) is 0.637. The molecule has 0 fully saturated rings. The Kier molecular flexibility index (Phi) is 5.03. The molecule has 1 aromatic carbocycles. The van der Waals surface area contributed by atoms with E-state index in [1.807, 2.05) is 0 Å². The van der Waals surface area contributed by atoms with E-state index in [-0.39, 0.29) is 24.2 Å². The molecule has 94 valence electrons. The van der Waals surface area contributed by atoms with Crippen molar-refractivity contribution in [3.8, 4) is 0 Å². The number of carbonyl (C=O) groups is 1. The van der Waals surface area contributed by atoms with Crippen LogP contribution in [0.5, 0.6) is 0 Å². The lowest BCUT2D eigenvalue weighted by Crippen LogP contribution is -2.06. The maximum Gasteiger partial charge on any atom is 0.338 e. The number of hydrogen-bond donors (Lipinski definition) is 1. The van der Waals surface area contributed by atoms with Crippen molar-refractivity contribution in [2.24, 2.45) is 0 Å². The molecule has 3 nitrogen and oxygen atoms in total. The van der Waals surface area contributed by atoms with Gasteiger partial charge in [0.05, 0.1) is 12.7 Å². The molecule has 0 unspecified atom stereocenters. The van der Waals surface area contributed by atoms with Gasteiger partial charge >= 0.3 is 5.97 Å². The van der Waals surface area contributed by atoms with E-state index in [0.717, 1.165) is 19.2 Å². The molecule has 0 saturated heterocycles. The number of ether oxygens (including phenoxy) is 1. The molecule has 17 heavy (non-hydrogen) atoms. The third-order valence-electron chi connectivity index (χ3n) is 2.40. The van der Waals surface area contributed by atoms with Crippen molar-refractivity contribution in [3.05, 3.63) is 34.9 Å². The zero-order valence-corrected chi connectivity index (χ0v) is 9.50. The lowest BCUT2D eigenvalue weighted by Gasteiger charge is -2.06. The number of rotatable bonds is 5. The first-order chi connectivity index (χ1) is 8.10. The Hall–Kier alpha value is -1.49. The molecule has 0 bridgehead atoms. The van der Waals surface area contributed by atoms with E-state index in [1.165, 1.54) is 0 Å². The van der Waals surface area contributed by atoms with Crippen LogP contribution in [0.4, 0.5) is 8.78 Å². The van der Waals surface area contributed by atoms with E-state index < -0.39 is 17.6 Å². The second-order valence-corrected chi connectivity index (χ2v) is 3.59. The standard InChI is InChI=1S/C12H14F2O3/c1-17-12(16)8-6-10(13)9(11(14)7-8)4-2-3-5-15/h6-7,15H,2-5H2,1H3. The number of methoxy groups -OCH3 is 1. The Morgan fingerprint density at radius 3 is 2.35 bits per heavy atom. The Morgan fingerprint density at radius 1 is 1.29 bits per heavy atom. The van der Waals surface area contributed by atoms with Gasteiger partial charge in [0, 0.05) is 12.2 Å². The van der Waals surface area contributed by atoms with Gasteiger partial charge in [-0.3, -0.25) is 0 Å². The molecule has 0 atom stereocenters. The fraction of sp³-hybridized carbons (Fsp3) is 0.417. The highest BCUT2D eigenvalue weighted by molar-refractivity contribution is 5.89. The van der Waals surface area contributed by atoms with Crippen molar-refractivity contribution in [1.82, 2.24) is 0 Å². The third-order valence-corrected chi connectivity index (χ3v) is 2.40. The molecule has 5 heteroatoms. The Morgan fingerprint density at radius 2 is 1.88 bits per heavy atom. The van der Waals surface area contributed by atoms with Crippen LogP contribution in [-0.4, -0.2) is 24.8 Å². The first-order valence-corrected chi connectivity index (χ1v) is 5.27.